The number of hydrogen-bond donors (Lipinski definition) is 0. The monoisotopic (exact) mass is 323 g/mol. The third kappa shape index (κ3) is 1.38. The molecule has 0 unspecified atom stereocenters. The standard InChI is InChI=1S/C8H3FINO2S/c9-4-3-14-6-2-1-5(11(12)13)8(10)7(4)6/h1-3H. The molecule has 0 aliphatic heterocycles. The highest BCUT2D eigenvalue weighted by molar-refractivity contribution is 14.1. The Balaban J connectivity index is 2.86. The highest BCUT2D eigenvalue weighted by atomic mass is 127. The van der Waals surface area contributed by atoms with Crippen LogP contribution in [0.3, 0.4) is 0 Å². The fourth-order valence-electron chi connectivity index (χ4n) is 1.18. The summed E-state index contributed by atoms with van der Waals surface area (Å²) in [6.07, 6.45) is 0. The first-order valence-electron chi connectivity index (χ1n) is 3.61. The number of halogens is 2. The fraction of sp³-hybridized carbons (Fsp3) is 0. The van der Waals surface area contributed by atoms with Gasteiger partial charge in [-0.1, -0.05) is 0 Å². The van der Waals surface area contributed by atoms with Gasteiger partial charge in [0.05, 0.1) is 4.92 Å². The van der Waals surface area contributed by atoms with Gasteiger partial charge in [-0.25, -0.2) is 4.39 Å². The van der Waals surface area contributed by atoms with E-state index in [0.29, 0.717) is 8.96 Å². The molecule has 0 fully saturated rings. The number of nitrogens with zero attached hydrogens (tertiary/aromatic N) is 1. The van der Waals surface area contributed by atoms with Crippen LogP contribution in [0.2, 0.25) is 0 Å². The van der Waals surface area contributed by atoms with Crippen LogP contribution < -0.4 is 0 Å². The first-order valence-corrected chi connectivity index (χ1v) is 5.56. The zero-order valence-electron chi connectivity index (χ0n) is 6.66. The van der Waals surface area contributed by atoms with E-state index in [1.165, 1.54) is 22.8 Å². The van der Waals surface area contributed by atoms with Crippen molar-refractivity contribution in [3.63, 3.8) is 0 Å². The van der Waals surface area contributed by atoms with Gasteiger partial charge in [0.15, 0.2) is 0 Å². The van der Waals surface area contributed by atoms with Crippen LogP contribution in [-0.2, 0) is 0 Å². The predicted molar refractivity (Wildman–Crippen MR) is 61.2 cm³/mol. The quantitative estimate of drug-likeness (QED) is 0.458. The molecular weight excluding hydrogens is 320 g/mol. The van der Waals surface area contributed by atoms with Gasteiger partial charge in [-0.05, 0) is 28.7 Å². The maximum absolute atomic E-state index is 13.2. The number of hydrogen-bond acceptors (Lipinski definition) is 3. The van der Waals surface area contributed by atoms with E-state index >= 15 is 0 Å². The summed E-state index contributed by atoms with van der Waals surface area (Å²) < 4.78 is 14.3. The Morgan fingerprint density at radius 3 is 2.86 bits per heavy atom. The summed E-state index contributed by atoms with van der Waals surface area (Å²) in [5, 5.41) is 12.3. The summed E-state index contributed by atoms with van der Waals surface area (Å²) in [7, 11) is 0. The van der Waals surface area contributed by atoms with E-state index in [4.69, 9.17) is 0 Å². The van der Waals surface area contributed by atoms with E-state index in [-0.39, 0.29) is 5.69 Å². The molecule has 0 N–H and O–H groups in total. The first-order chi connectivity index (χ1) is 6.61. The van der Waals surface area contributed by atoms with E-state index in [1.54, 1.807) is 28.7 Å². The van der Waals surface area contributed by atoms with E-state index in [2.05, 4.69) is 0 Å². The lowest BCUT2D eigenvalue weighted by Gasteiger charge is -1.96. The first kappa shape index (κ1) is 9.78. The number of nitro benzene ring substituents is 1. The Kier molecular flexibility index (Phi) is 2.40. The van der Waals surface area contributed by atoms with Crippen molar-refractivity contribution < 1.29 is 9.31 Å². The van der Waals surface area contributed by atoms with Crippen molar-refractivity contribution in [2.45, 2.75) is 0 Å². The lowest BCUT2D eigenvalue weighted by molar-refractivity contribution is -0.385. The molecule has 0 saturated carbocycles. The molecule has 0 bridgehead atoms. The zero-order chi connectivity index (χ0) is 10.3. The molecule has 2 rings (SSSR count). The van der Waals surface area contributed by atoms with E-state index < -0.39 is 10.7 Å². The summed E-state index contributed by atoms with van der Waals surface area (Å²) in [5.41, 5.74) is -0.0459. The minimum absolute atomic E-state index is 0.0459. The summed E-state index contributed by atoms with van der Waals surface area (Å²) in [5.74, 6) is -0.391. The summed E-state index contributed by atoms with van der Waals surface area (Å²) >= 11 is 3.05. The molecule has 2 aromatic rings. The van der Waals surface area contributed by atoms with Crippen molar-refractivity contribution in [1.82, 2.24) is 0 Å². The molecule has 0 spiro atoms. The Hall–Kier alpha value is -0.760. The van der Waals surface area contributed by atoms with Crippen LogP contribution in [0.5, 0.6) is 0 Å². The van der Waals surface area contributed by atoms with Gasteiger partial charge in [0.25, 0.3) is 5.69 Å². The largest absolute Gasteiger partial charge is 0.283 e. The van der Waals surface area contributed by atoms with Crippen LogP contribution in [0.1, 0.15) is 0 Å². The normalized spacial score (nSPS) is 10.7. The van der Waals surface area contributed by atoms with Crippen LogP contribution in [0.4, 0.5) is 10.1 Å². The van der Waals surface area contributed by atoms with Gasteiger partial charge in [-0.2, -0.15) is 0 Å². The zero-order valence-corrected chi connectivity index (χ0v) is 9.63. The molecule has 0 atom stereocenters. The Bertz CT molecular complexity index is 525. The minimum Gasteiger partial charge on any atom is -0.258 e. The lowest BCUT2D eigenvalue weighted by atomic mass is 10.2. The lowest BCUT2D eigenvalue weighted by Crippen LogP contribution is -1.91. The van der Waals surface area contributed by atoms with Gasteiger partial charge in [0.1, 0.15) is 9.39 Å². The average molecular weight is 323 g/mol. The highest BCUT2D eigenvalue weighted by Gasteiger charge is 2.17. The van der Waals surface area contributed by atoms with Gasteiger partial charge in [-0.3, -0.25) is 10.1 Å². The number of thiophene rings is 1. The molecule has 1 aromatic carbocycles. The molecule has 14 heavy (non-hydrogen) atoms. The molecule has 6 heteroatoms. The molecule has 0 aliphatic rings. The molecule has 0 radical (unpaired) electrons. The van der Waals surface area contributed by atoms with Crippen LogP contribution in [0.25, 0.3) is 10.1 Å². The van der Waals surface area contributed by atoms with Crippen molar-refractivity contribution >= 4 is 49.7 Å². The SMILES string of the molecule is O=[N+]([O-])c1ccc2scc(F)c2c1I. The number of rotatable bonds is 1. The third-order valence-electron chi connectivity index (χ3n) is 1.81. The molecular formula is C8H3FINO2S. The van der Waals surface area contributed by atoms with Crippen LogP contribution in [-0.4, -0.2) is 4.92 Å². The molecule has 3 nitrogen and oxygen atoms in total. The Labute approximate surface area is 95.8 Å². The van der Waals surface area contributed by atoms with Crippen LogP contribution >= 0.6 is 33.9 Å². The van der Waals surface area contributed by atoms with Gasteiger partial charge in [-0.15, -0.1) is 11.3 Å². The summed E-state index contributed by atoms with van der Waals surface area (Å²) in [6, 6.07) is 2.98. The second-order valence-electron chi connectivity index (χ2n) is 2.61. The molecule has 0 saturated heterocycles. The van der Waals surface area contributed by atoms with E-state index in [1.807, 2.05) is 0 Å². The van der Waals surface area contributed by atoms with Crippen molar-refractivity contribution in [3.05, 3.63) is 37.0 Å². The number of benzene rings is 1. The van der Waals surface area contributed by atoms with Crippen LogP contribution in [0.15, 0.2) is 17.5 Å². The molecule has 72 valence electrons. The smallest absolute Gasteiger partial charge is 0.258 e. The van der Waals surface area contributed by atoms with Gasteiger partial charge in [0, 0.05) is 21.5 Å². The fourth-order valence-corrected chi connectivity index (χ4v) is 3.10. The van der Waals surface area contributed by atoms with Gasteiger partial charge in [0.2, 0.25) is 0 Å². The topological polar surface area (TPSA) is 43.1 Å². The molecule has 0 aliphatic carbocycles. The number of fused-ring (bicyclic) bond motifs is 1. The van der Waals surface area contributed by atoms with Crippen LogP contribution in [0, 0.1) is 19.5 Å². The molecule has 1 aromatic heterocycles. The van der Waals surface area contributed by atoms with Crippen molar-refractivity contribution in [3.8, 4) is 0 Å². The second kappa shape index (κ2) is 3.43. The third-order valence-corrected chi connectivity index (χ3v) is 3.82. The molecule has 0 amide bonds. The maximum Gasteiger partial charge on any atom is 0.283 e. The predicted octanol–water partition coefficient (Wildman–Crippen LogP) is 3.55. The van der Waals surface area contributed by atoms with Gasteiger partial charge < -0.3 is 0 Å². The minimum atomic E-state index is -0.502. The Morgan fingerprint density at radius 2 is 2.21 bits per heavy atom. The van der Waals surface area contributed by atoms with Gasteiger partial charge >= 0.3 is 0 Å². The number of nitro groups is 1. The highest BCUT2D eigenvalue weighted by Crippen LogP contribution is 2.34. The maximum atomic E-state index is 13.2. The van der Waals surface area contributed by atoms with Crippen molar-refractivity contribution in [2.24, 2.45) is 0 Å². The van der Waals surface area contributed by atoms with E-state index in [9.17, 15) is 14.5 Å². The van der Waals surface area contributed by atoms with E-state index in [0.717, 1.165) is 4.70 Å². The summed E-state index contributed by atoms with van der Waals surface area (Å²) in [6.45, 7) is 0. The second-order valence-corrected chi connectivity index (χ2v) is 4.60. The van der Waals surface area contributed by atoms with Crippen molar-refractivity contribution in [2.75, 3.05) is 0 Å². The Morgan fingerprint density at radius 1 is 1.50 bits per heavy atom. The molecule has 1 heterocycles. The average Bonchev–Trinajstić information content (AvgIpc) is 2.48. The van der Waals surface area contributed by atoms with Crippen molar-refractivity contribution in [1.29, 1.82) is 0 Å². The summed E-state index contributed by atoms with van der Waals surface area (Å²) in [4.78, 5) is 10.1.